The van der Waals surface area contributed by atoms with Crippen molar-refractivity contribution >= 4 is 45.2 Å². The number of carboxylic acid groups (broad SMARTS) is 3. The Morgan fingerprint density at radius 1 is 0.893 bits per heavy atom. The van der Waals surface area contributed by atoms with Crippen LogP contribution in [-0.2, 0) is 23.9 Å². The first-order valence-electron chi connectivity index (χ1n) is 7.44. The van der Waals surface area contributed by atoms with E-state index in [-0.39, 0.29) is 33.6 Å². The van der Waals surface area contributed by atoms with Gasteiger partial charge in [0.05, 0.1) is 33.5 Å². The summed E-state index contributed by atoms with van der Waals surface area (Å²) in [6.07, 6.45) is -0.317. The summed E-state index contributed by atoms with van der Waals surface area (Å²) in [4.78, 5) is 26.7. The molecule has 1 aromatic rings. The maximum atomic E-state index is 8.89. The molecule has 10 nitrogen and oxygen atoms in total. The molecule has 1 fully saturated rings. The Labute approximate surface area is 183 Å². The molecular weight excluding hydrogens is 571 g/mol. The molecular formula is C17H22O10Pb-3. The first kappa shape index (κ1) is 30.8. The van der Waals surface area contributed by atoms with Crippen molar-refractivity contribution in [2.75, 3.05) is 27.4 Å². The van der Waals surface area contributed by atoms with E-state index in [9.17, 15) is 0 Å². The largest absolute Gasteiger partial charge is 0.550 e. The summed E-state index contributed by atoms with van der Waals surface area (Å²) in [5.41, 5.74) is 0.889. The third kappa shape index (κ3) is 20.4. The Bertz CT molecular complexity index is 523. The van der Waals surface area contributed by atoms with Crippen LogP contribution in [0.5, 0.6) is 11.5 Å². The zero-order chi connectivity index (χ0) is 21.4. The molecule has 0 N–H and O–H groups in total. The summed E-state index contributed by atoms with van der Waals surface area (Å²) < 4.78 is 21.0. The fraction of sp³-hybridized carbons (Fsp3) is 0.471. The minimum Gasteiger partial charge on any atom is -0.550 e. The van der Waals surface area contributed by atoms with Gasteiger partial charge in [0, 0.05) is 50.8 Å². The quantitative estimate of drug-likeness (QED) is 0.342. The Morgan fingerprint density at radius 2 is 1.18 bits per heavy atom. The van der Waals surface area contributed by atoms with Crippen LogP contribution in [0.4, 0.5) is 0 Å². The summed E-state index contributed by atoms with van der Waals surface area (Å²) in [5, 5.41) is 26.7. The number of carbonyl (C=O) groups excluding carboxylic acids is 3. The van der Waals surface area contributed by atoms with Crippen LogP contribution in [0, 0.1) is 6.07 Å². The molecule has 2 rings (SSSR count). The van der Waals surface area contributed by atoms with E-state index in [1.54, 1.807) is 14.2 Å². The number of methoxy groups -OCH3 is 2. The van der Waals surface area contributed by atoms with Gasteiger partial charge in [-0.15, -0.1) is 0 Å². The van der Waals surface area contributed by atoms with E-state index in [4.69, 9.17) is 48.7 Å². The predicted molar refractivity (Wildman–Crippen MR) is 90.8 cm³/mol. The van der Waals surface area contributed by atoms with E-state index in [2.05, 4.69) is 6.07 Å². The summed E-state index contributed by atoms with van der Waals surface area (Å²) in [7, 11) is 3.18. The van der Waals surface area contributed by atoms with E-state index in [0.717, 1.165) is 26.3 Å². The molecule has 0 bridgehead atoms. The third-order valence-electron chi connectivity index (χ3n) is 2.18. The summed E-state index contributed by atoms with van der Waals surface area (Å²) in [6, 6.07) is 6.62. The van der Waals surface area contributed by atoms with Gasteiger partial charge in [-0.1, -0.05) is 0 Å². The second-order valence-corrected chi connectivity index (χ2v) is 4.60. The average Bonchev–Trinajstić information content (AvgIpc) is 3.07. The van der Waals surface area contributed by atoms with Crippen LogP contribution in [0.1, 0.15) is 32.6 Å². The molecule has 11 heteroatoms. The smallest absolute Gasteiger partial charge is 0.184 e. The van der Waals surface area contributed by atoms with Crippen molar-refractivity contribution in [1.82, 2.24) is 0 Å². The SMILES string of the molecule is CC(=O)[O-].CC(=O)[O-].CC(=O)[O-].COc1[c]c(OC)cc(C2OCCO2)c1.[Pb]. The van der Waals surface area contributed by atoms with Crippen LogP contribution < -0.4 is 24.8 Å². The number of ether oxygens (including phenoxy) is 4. The zero-order valence-electron chi connectivity index (χ0n) is 16.2. The topological polar surface area (TPSA) is 157 Å². The van der Waals surface area contributed by atoms with E-state index >= 15 is 0 Å². The van der Waals surface area contributed by atoms with Crippen molar-refractivity contribution in [1.29, 1.82) is 0 Å². The molecule has 5 radical (unpaired) electrons. The molecule has 0 saturated carbocycles. The van der Waals surface area contributed by atoms with Crippen molar-refractivity contribution in [3.8, 4) is 11.5 Å². The van der Waals surface area contributed by atoms with Gasteiger partial charge in [-0.25, -0.2) is 0 Å². The second-order valence-electron chi connectivity index (χ2n) is 4.60. The Kier molecular flexibility index (Phi) is 20.3. The Morgan fingerprint density at radius 3 is 1.43 bits per heavy atom. The molecule has 0 amide bonds. The van der Waals surface area contributed by atoms with Gasteiger partial charge in [-0.05, 0) is 32.9 Å². The number of rotatable bonds is 3. The maximum Gasteiger partial charge on any atom is 0.184 e. The number of aliphatic carboxylic acids is 3. The predicted octanol–water partition coefficient (Wildman–Crippen LogP) is -2.56. The molecule has 1 saturated heterocycles. The molecule has 1 aliphatic heterocycles. The fourth-order valence-corrected chi connectivity index (χ4v) is 1.44. The molecule has 0 unspecified atom stereocenters. The first-order chi connectivity index (χ1) is 12.5. The molecule has 0 aliphatic carbocycles. The van der Waals surface area contributed by atoms with Gasteiger partial charge >= 0.3 is 0 Å². The molecule has 0 atom stereocenters. The monoisotopic (exact) mass is 594 g/mol. The van der Waals surface area contributed by atoms with Crippen molar-refractivity contribution in [3.05, 3.63) is 23.8 Å². The average molecular weight is 594 g/mol. The van der Waals surface area contributed by atoms with Crippen LogP contribution >= 0.6 is 0 Å². The van der Waals surface area contributed by atoms with Gasteiger partial charge < -0.3 is 48.7 Å². The normalized spacial score (nSPS) is 11.6. The maximum absolute atomic E-state index is 8.89. The zero-order valence-corrected chi connectivity index (χ0v) is 20.1. The number of hydrogen-bond acceptors (Lipinski definition) is 10. The van der Waals surface area contributed by atoms with Crippen LogP contribution in [0.2, 0.25) is 0 Å². The van der Waals surface area contributed by atoms with Crippen molar-refractivity contribution in [3.63, 3.8) is 0 Å². The van der Waals surface area contributed by atoms with Gasteiger partial charge in [0.15, 0.2) is 6.29 Å². The van der Waals surface area contributed by atoms with Crippen molar-refractivity contribution in [2.45, 2.75) is 27.1 Å². The standard InChI is InChI=1S/C11H13O4.3C2H4O2.Pb/c1-12-9-5-8(6-10(7-9)13-2)11-14-3-4-15-11;3*1-2(3)4;/h5-6,11H,3-4H2,1-2H3;3*1H3,(H,3,4);/p-3. The van der Waals surface area contributed by atoms with Crippen molar-refractivity contribution < 1.29 is 48.7 Å². The van der Waals surface area contributed by atoms with E-state index < -0.39 is 17.9 Å². The van der Waals surface area contributed by atoms with E-state index in [1.165, 1.54) is 0 Å². The van der Waals surface area contributed by atoms with Crippen molar-refractivity contribution in [2.24, 2.45) is 0 Å². The van der Waals surface area contributed by atoms with Gasteiger partial charge in [-0.2, -0.15) is 0 Å². The molecule has 0 spiro atoms. The van der Waals surface area contributed by atoms with Crippen LogP contribution in [0.25, 0.3) is 0 Å². The molecule has 0 aromatic heterocycles. The van der Waals surface area contributed by atoms with Gasteiger partial charge in [0.1, 0.15) is 11.5 Å². The molecule has 1 aliphatic rings. The Hall–Kier alpha value is -1.93. The van der Waals surface area contributed by atoms with Crippen LogP contribution in [-0.4, -0.2) is 72.6 Å². The van der Waals surface area contributed by atoms with E-state index in [1.807, 2.05) is 12.1 Å². The number of hydrogen-bond donors (Lipinski definition) is 0. The molecule has 157 valence electrons. The molecule has 1 heterocycles. The third-order valence-corrected chi connectivity index (χ3v) is 2.18. The molecule has 28 heavy (non-hydrogen) atoms. The first-order valence-corrected chi connectivity index (χ1v) is 7.44. The summed E-state index contributed by atoms with van der Waals surface area (Å²) >= 11 is 0. The number of benzene rings is 1. The van der Waals surface area contributed by atoms with Crippen LogP contribution in [0.15, 0.2) is 12.1 Å². The summed E-state index contributed by atoms with van der Waals surface area (Å²) in [5.74, 6) is -2.02. The minimum absolute atomic E-state index is 0. The fourth-order valence-electron chi connectivity index (χ4n) is 1.44. The number of carbonyl (C=O) groups is 3. The van der Waals surface area contributed by atoms with Gasteiger partial charge in [0.2, 0.25) is 0 Å². The van der Waals surface area contributed by atoms with Gasteiger partial charge in [-0.3, -0.25) is 0 Å². The van der Waals surface area contributed by atoms with Crippen LogP contribution in [0.3, 0.4) is 0 Å². The molecule has 1 aromatic carbocycles. The Balaban J connectivity index is -0.000000401. The van der Waals surface area contributed by atoms with E-state index in [0.29, 0.717) is 24.7 Å². The second kappa shape index (κ2) is 18.4. The summed E-state index contributed by atoms with van der Waals surface area (Å²) in [6.45, 7) is 4.15. The number of carboxylic acids is 3. The van der Waals surface area contributed by atoms with Gasteiger partial charge in [0.25, 0.3) is 0 Å². The minimum atomic E-state index is -1.08.